The molecular formula is C20H23N5O. The number of hydrogen-bond donors (Lipinski definition) is 2. The molecule has 0 aliphatic heterocycles. The maximum absolute atomic E-state index is 5.62. The highest BCUT2D eigenvalue weighted by atomic mass is 16.5. The zero-order valence-electron chi connectivity index (χ0n) is 15.2. The molecule has 1 heterocycles. The lowest BCUT2D eigenvalue weighted by Crippen LogP contribution is -2.03. The molecule has 1 aromatic heterocycles. The van der Waals surface area contributed by atoms with E-state index in [1.54, 1.807) is 6.20 Å². The lowest BCUT2D eigenvalue weighted by Gasteiger charge is -2.12. The molecule has 0 aliphatic carbocycles. The molecule has 0 saturated carbocycles. The summed E-state index contributed by atoms with van der Waals surface area (Å²) in [4.78, 5) is 4.47. The van der Waals surface area contributed by atoms with Crippen molar-refractivity contribution in [3.05, 3.63) is 60.3 Å². The smallest absolute Gasteiger partial charge is 0.249 e. The van der Waals surface area contributed by atoms with Crippen molar-refractivity contribution in [2.45, 2.75) is 26.7 Å². The van der Waals surface area contributed by atoms with Gasteiger partial charge in [0.2, 0.25) is 5.95 Å². The summed E-state index contributed by atoms with van der Waals surface area (Å²) in [6.07, 6.45) is 1.58. The Kier molecular flexibility index (Phi) is 5.63. The zero-order valence-corrected chi connectivity index (χ0v) is 15.2. The fourth-order valence-electron chi connectivity index (χ4n) is 2.49. The molecule has 6 nitrogen and oxygen atoms in total. The number of aromatic nitrogens is 3. The third kappa shape index (κ3) is 4.47. The molecule has 0 amide bonds. The van der Waals surface area contributed by atoms with Crippen molar-refractivity contribution in [2.75, 3.05) is 17.2 Å². The van der Waals surface area contributed by atoms with E-state index in [0.29, 0.717) is 24.3 Å². The maximum Gasteiger partial charge on any atom is 0.249 e. The number of benzene rings is 2. The van der Waals surface area contributed by atoms with Crippen LogP contribution in [0.5, 0.6) is 5.75 Å². The van der Waals surface area contributed by atoms with E-state index in [2.05, 4.69) is 51.8 Å². The first-order valence-corrected chi connectivity index (χ1v) is 8.71. The fraction of sp³-hybridized carbons (Fsp3) is 0.250. The third-order valence-electron chi connectivity index (χ3n) is 3.84. The van der Waals surface area contributed by atoms with Crippen molar-refractivity contribution in [3.63, 3.8) is 0 Å². The van der Waals surface area contributed by atoms with Crippen LogP contribution < -0.4 is 15.4 Å². The van der Waals surface area contributed by atoms with Gasteiger partial charge in [0.05, 0.1) is 18.5 Å². The van der Waals surface area contributed by atoms with Crippen LogP contribution in [0.1, 0.15) is 32.3 Å². The Morgan fingerprint density at radius 1 is 1.00 bits per heavy atom. The molecule has 26 heavy (non-hydrogen) atoms. The minimum atomic E-state index is 0.432. The number of nitrogens with one attached hydrogen (secondary N) is 2. The maximum atomic E-state index is 5.62. The molecule has 0 unspecified atom stereocenters. The van der Waals surface area contributed by atoms with Crippen LogP contribution in [0.4, 0.5) is 23.1 Å². The van der Waals surface area contributed by atoms with Crippen LogP contribution in [0.25, 0.3) is 0 Å². The molecule has 0 saturated heterocycles. The molecule has 134 valence electrons. The number of rotatable bonds is 7. The van der Waals surface area contributed by atoms with Crippen molar-refractivity contribution in [2.24, 2.45) is 0 Å². The first kappa shape index (κ1) is 17.7. The second-order valence-electron chi connectivity index (χ2n) is 6.12. The number of nitrogens with zero attached hydrogens (tertiary/aromatic N) is 3. The van der Waals surface area contributed by atoms with E-state index in [1.165, 1.54) is 5.56 Å². The Morgan fingerprint density at radius 3 is 2.50 bits per heavy atom. The van der Waals surface area contributed by atoms with Gasteiger partial charge in [0.1, 0.15) is 5.75 Å². The van der Waals surface area contributed by atoms with Crippen molar-refractivity contribution in [1.82, 2.24) is 15.2 Å². The van der Waals surface area contributed by atoms with Gasteiger partial charge in [-0.15, -0.1) is 5.10 Å². The highest BCUT2D eigenvalue weighted by Crippen LogP contribution is 2.27. The number of para-hydroxylation sites is 2. The summed E-state index contributed by atoms with van der Waals surface area (Å²) in [6.45, 7) is 6.89. The van der Waals surface area contributed by atoms with Gasteiger partial charge in [-0.2, -0.15) is 10.1 Å². The molecule has 3 aromatic rings. The van der Waals surface area contributed by atoms with Crippen molar-refractivity contribution < 1.29 is 4.74 Å². The van der Waals surface area contributed by atoms with E-state index >= 15 is 0 Å². The highest BCUT2D eigenvalue weighted by molar-refractivity contribution is 5.64. The molecule has 0 aliphatic rings. The van der Waals surface area contributed by atoms with Crippen LogP contribution in [0.3, 0.4) is 0 Å². The topological polar surface area (TPSA) is 72.0 Å². The fourth-order valence-corrected chi connectivity index (χ4v) is 2.49. The summed E-state index contributed by atoms with van der Waals surface area (Å²) in [5.74, 6) is 2.29. The predicted octanol–water partition coefficient (Wildman–Crippen LogP) is 4.88. The van der Waals surface area contributed by atoms with Gasteiger partial charge in [-0.1, -0.05) is 38.1 Å². The Morgan fingerprint density at radius 2 is 1.77 bits per heavy atom. The second kappa shape index (κ2) is 8.29. The Labute approximate surface area is 153 Å². The van der Waals surface area contributed by atoms with Gasteiger partial charge < -0.3 is 15.4 Å². The van der Waals surface area contributed by atoms with Gasteiger partial charge in [0.15, 0.2) is 5.82 Å². The van der Waals surface area contributed by atoms with E-state index in [1.807, 2.05) is 43.3 Å². The summed E-state index contributed by atoms with van der Waals surface area (Å²) in [5, 5.41) is 14.5. The lowest BCUT2D eigenvalue weighted by molar-refractivity contribution is 0.342. The quantitative estimate of drug-likeness (QED) is 0.633. The third-order valence-corrected chi connectivity index (χ3v) is 3.84. The number of ether oxygens (including phenoxy) is 1. The monoisotopic (exact) mass is 349 g/mol. The molecule has 0 radical (unpaired) electrons. The summed E-state index contributed by atoms with van der Waals surface area (Å²) >= 11 is 0. The van der Waals surface area contributed by atoms with E-state index in [4.69, 9.17) is 4.74 Å². The van der Waals surface area contributed by atoms with Crippen molar-refractivity contribution >= 4 is 23.1 Å². The van der Waals surface area contributed by atoms with E-state index in [0.717, 1.165) is 17.1 Å². The van der Waals surface area contributed by atoms with E-state index in [9.17, 15) is 0 Å². The molecule has 6 heteroatoms. The van der Waals surface area contributed by atoms with Crippen LogP contribution in [-0.2, 0) is 0 Å². The SMILES string of the molecule is CCOc1ccccc1Nc1cnnc(Nc2ccc(C(C)C)cc2)n1. The first-order valence-electron chi connectivity index (χ1n) is 8.71. The molecule has 0 fully saturated rings. The number of hydrogen-bond acceptors (Lipinski definition) is 6. The van der Waals surface area contributed by atoms with Crippen LogP contribution in [0, 0.1) is 0 Å². The van der Waals surface area contributed by atoms with Gasteiger partial charge in [0.25, 0.3) is 0 Å². The molecule has 3 rings (SSSR count). The largest absolute Gasteiger partial charge is 0.492 e. The molecule has 0 atom stereocenters. The van der Waals surface area contributed by atoms with Gasteiger partial charge in [0, 0.05) is 5.69 Å². The standard InChI is InChI=1S/C20H23N5O/c1-4-26-18-8-6-5-7-17(18)23-19-13-21-25-20(24-19)22-16-11-9-15(10-12-16)14(2)3/h5-14H,4H2,1-3H3,(H2,22,23,24,25). The minimum Gasteiger partial charge on any atom is -0.492 e. The van der Waals surface area contributed by atoms with E-state index in [-0.39, 0.29) is 0 Å². The average molecular weight is 349 g/mol. The molecule has 2 aromatic carbocycles. The summed E-state index contributed by atoms with van der Waals surface area (Å²) in [6, 6.07) is 16.0. The lowest BCUT2D eigenvalue weighted by atomic mass is 10.0. The first-order chi connectivity index (χ1) is 12.7. The van der Waals surface area contributed by atoms with Crippen LogP contribution >= 0.6 is 0 Å². The van der Waals surface area contributed by atoms with Gasteiger partial charge in [-0.25, -0.2) is 0 Å². The average Bonchev–Trinajstić information content (AvgIpc) is 2.64. The van der Waals surface area contributed by atoms with Gasteiger partial charge in [-0.05, 0) is 42.7 Å². The normalized spacial score (nSPS) is 10.6. The van der Waals surface area contributed by atoms with Crippen LogP contribution in [-0.4, -0.2) is 21.8 Å². The molecule has 0 bridgehead atoms. The molecule has 2 N–H and O–H groups in total. The molecular weight excluding hydrogens is 326 g/mol. The van der Waals surface area contributed by atoms with Crippen molar-refractivity contribution in [3.8, 4) is 5.75 Å². The Balaban J connectivity index is 1.74. The summed E-state index contributed by atoms with van der Waals surface area (Å²) in [7, 11) is 0. The van der Waals surface area contributed by atoms with Gasteiger partial charge in [-0.3, -0.25) is 0 Å². The van der Waals surface area contributed by atoms with Crippen LogP contribution in [0.2, 0.25) is 0 Å². The minimum absolute atomic E-state index is 0.432. The Bertz CT molecular complexity index is 849. The summed E-state index contributed by atoms with van der Waals surface area (Å²) in [5.41, 5.74) is 3.04. The summed E-state index contributed by atoms with van der Waals surface area (Å²) < 4.78 is 5.62. The highest BCUT2D eigenvalue weighted by Gasteiger charge is 2.06. The predicted molar refractivity (Wildman–Crippen MR) is 105 cm³/mol. The Hall–Kier alpha value is -3.15. The zero-order chi connectivity index (χ0) is 18.4. The van der Waals surface area contributed by atoms with E-state index < -0.39 is 0 Å². The number of anilines is 4. The van der Waals surface area contributed by atoms with Crippen molar-refractivity contribution in [1.29, 1.82) is 0 Å². The molecule has 0 spiro atoms. The van der Waals surface area contributed by atoms with Gasteiger partial charge >= 0.3 is 0 Å². The second-order valence-corrected chi connectivity index (χ2v) is 6.12. The van der Waals surface area contributed by atoms with Crippen LogP contribution in [0.15, 0.2) is 54.7 Å².